The predicted octanol–water partition coefficient (Wildman–Crippen LogP) is 2.06. The molecule has 0 unspecified atom stereocenters. The van der Waals surface area contributed by atoms with Crippen molar-refractivity contribution < 1.29 is 4.92 Å². The molecule has 82 valence electrons. The average molecular weight is 236 g/mol. The van der Waals surface area contributed by atoms with Crippen LogP contribution in [-0.2, 0) is 6.54 Å². The number of nitro benzene ring substituents is 1. The fourth-order valence-electron chi connectivity index (χ4n) is 1.16. The fourth-order valence-corrected chi connectivity index (χ4v) is 1.59. The van der Waals surface area contributed by atoms with Crippen molar-refractivity contribution in [1.82, 2.24) is 9.36 Å². The molecule has 0 amide bonds. The highest BCUT2D eigenvalue weighted by Gasteiger charge is 2.03. The first kappa shape index (κ1) is 10.5. The van der Waals surface area contributed by atoms with E-state index in [9.17, 15) is 10.1 Å². The van der Waals surface area contributed by atoms with Gasteiger partial charge in [0.2, 0.25) is 5.13 Å². The second kappa shape index (κ2) is 4.67. The molecule has 0 saturated heterocycles. The van der Waals surface area contributed by atoms with Crippen LogP contribution in [0.5, 0.6) is 0 Å². The van der Waals surface area contributed by atoms with Crippen molar-refractivity contribution in [1.29, 1.82) is 0 Å². The maximum Gasteiger partial charge on any atom is 0.269 e. The Balaban J connectivity index is 1.98. The number of anilines is 1. The maximum absolute atomic E-state index is 10.4. The Morgan fingerprint density at radius 3 is 2.69 bits per heavy atom. The zero-order chi connectivity index (χ0) is 11.4. The van der Waals surface area contributed by atoms with Crippen molar-refractivity contribution >= 4 is 22.4 Å². The minimum absolute atomic E-state index is 0.0969. The first-order valence-corrected chi connectivity index (χ1v) is 5.27. The molecule has 0 spiro atoms. The van der Waals surface area contributed by atoms with Crippen molar-refractivity contribution in [2.45, 2.75) is 6.54 Å². The number of non-ortho nitro benzene ring substituents is 1. The number of hydrogen-bond donors (Lipinski definition) is 1. The first-order chi connectivity index (χ1) is 7.75. The molecule has 0 radical (unpaired) electrons. The SMILES string of the molecule is O=[N+]([O-])c1ccc(CNc2ncns2)cc1. The van der Waals surface area contributed by atoms with Gasteiger partial charge < -0.3 is 5.32 Å². The van der Waals surface area contributed by atoms with E-state index in [1.165, 1.54) is 30.0 Å². The van der Waals surface area contributed by atoms with E-state index >= 15 is 0 Å². The normalized spacial score (nSPS) is 10.0. The van der Waals surface area contributed by atoms with Crippen molar-refractivity contribution in [3.8, 4) is 0 Å². The van der Waals surface area contributed by atoms with Crippen LogP contribution in [-0.4, -0.2) is 14.3 Å². The van der Waals surface area contributed by atoms with E-state index in [-0.39, 0.29) is 5.69 Å². The standard InChI is InChI=1S/C9H8N4O2S/c14-13(15)8-3-1-7(2-4-8)5-10-9-11-6-12-16-9/h1-4,6H,5H2,(H,10,11,12). The number of benzene rings is 1. The van der Waals surface area contributed by atoms with Gasteiger partial charge in [0.1, 0.15) is 6.33 Å². The Bertz CT molecular complexity index is 469. The lowest BCUT2D eigenvalue weighted by molar-refractivity contribution is -0.384. The third kappa shape index (κ3) is 2.51. The topological polar surface area (TPSA) is 81.0 Å². The summed E-state index contributed by atoms with van der Waals surface area (Å²) in [4.78, 5) is 14.0. The molecule has 1 aromatic heterocycles. The van der Waals surface area contributed by atoms with Crippen LogP contribution in [0.15, 0.2) is 30.6 Å². The maximum atomic E-state index is 10.4. The largest absolute Gasteiger partial charge is 0.356 e. The van der Waals surface area contributed by atoms with E-state index < -0.39 is 4.92 Å². The van der Waals surface area contributed by atoms with E-state index in [1.807, 2.05) is 0 Å². The Labute approximate surface area is 95.3 Å². The van der Waals surface area contributed by atoms with Crippen LogP contribution in [0.1, 0.15) is 5.56 Å². The molecule has 0 aliphatic heterocycles. The zero-order valence-electron chi connectivity index (χ0n) is 8.16. The molecule has 0 aliphatic rings. The molecule has 7 heteroatoms. The smallest absolute Gasteiger partial charge is 0.269 e. The highest BCUT2D eigenvalue weighted by molar-refractivity contribution is 7.09. The lowest BCUT2D eigenvalue weighted by Gasteiger charge is -2.01. The molecule has 0 fully saturated rings. The van der Waals surface area contributed by atoms with E-state index in [0.717, 1.165) is 10.7 Å². The minimum atomic E-state index is -0.415. The molecular formula is C9H8N4O2S. The molecule has 1 heterocycles. The van der Waals surface area contributed by atoms with E-state index in [4.69, 9.17) is 0 Å². The number of nitrogens with zero attached hydrogens (tertiary/aromatic N) is 3. The number of hydrogen-bond acceptors (Lipinski definition) is 6. The number of nitro groups is 1. The van der Waals surface area contributed by atoms with E-state index in [0.29, 0.717) is 6.54 Å². The average Bonchev–Trinajstić information content (AvgIpc) is 2.80. The van der Waals surface area contributed by atoms with Gasteiger partial charge in [-0.3, -0.25) is 10.1 Å². The summed E-state index contributed by atoms with van der Waals surface area (Å²) in [5.41, 5.74) is 1.06. The highest BCUT2D eigenvalue weighted by Crippen LogP contribution is 2.13. The summed E-state index contributed by atoms with van der Waals surface area (Å²) in [7, 11) is 0. The van der Waals surface area contributed by atoms with Gasteiger partial charge in [0, 0.05) is 30.2 Å². The molecule has 0 bridgehead atoms. The van der Waals surface area contributed by atoms with Crippen LogP contribution in [0.4, 0.5) is 10.8 Å². The molecule has 0 aliphatic carbocycles. The van der Waals surface area contributed by atoms with Crippen LogP contribution >= 0.6 is 11.5 Å². The zero-order valence-corrected chi connectivity index (χ0v) is 8.98. The van der Waals surface area contributed by atoms with Gasteiger partial charge in [0.15, 0.2) is 0 Å². The van der Waals surface area contributed by atoms with Gasteiger partial charge in [-0.25, -0.2) is 4.98 Å². The van der Waals surface area contributed by atoms with Crippen LogP contribution in [0.3, 0.4) is 0 Å². The van der Waals surface area contributed by atoms with Gasteiger partial charge in [0.25, 0.3) is 5.69 Å². The van der Waals surface area contributed by atoms with Gasteiger partial charge >= 0.3 is 0 Å². The predicted molar refractivity (Wildman–Crippen MR) is 60.3 cm³/mol. The summed E-state index contributed by atoms with van der Waals surface area (Å²) < 4.78 is 3.85. The Hall–Kier alpha value is -2.02. The Kier molecular flexibility index (Phi) is 3.06. The van der Waals surface area contributed by atoms with Crippen LogP contribution in [0.25, 0.3) is 0 Å². The number of rotatable bonds is 4. The number of aromatic nitrogens is 2. The Morgan fingerprint density at radius 2 is 2.12 bits per heavy atom. The van der Waals surface area contributed by atoms with E-state index in [2.05, 4.69) is 14.7 Å². The third-order valence-electron chi connectivity index (χ3n) is 1.95. The molecule has 0 saturated carbocycles. The van der Waals surface area contributed by atoms with Crippen molar-refractivity contribution in [2.24, 2.45) is 0 Å². The van der Waals surface area contributed by atoms with Gasteiger partial charge in [-0.1, -0.05) is 12.1 Å². The quantitative estimate of drug-likeness (QED) is 0.649. The highest BCUT2D eigenvalue weighted by atomic mass is 32.1. The monoisotopic (exact) mass is 236 g/mol. The summed E-state index contributed by atoms with van der Waals surface area (Å²) in [6, 6.07) is 6.40. The van der Waals surface area contributed by atoms with Crippen molar-refractivity contribution in [2.75, 3.05) is 5.32 Å². The van der Waals surface area contributed by atoms with Crippen LogP contribution < -0.4 is 5.32 Å². The Morgan fingerprint density at radius 1 is 1.38 bits per heavy atom. The summed E-state index contributed by atoms with van der Waals surface area (Å²) in [5.74, 6) is 0. The molecule has 2 aromatic rings. The second-order valence-corrected chi connectivity index (χ2v) is 3.80. The fraction of sp³-hybridized carbons (Fsp3) is 0.111. The van der Waals surface area contributed by atoms with Crippen molar-refractivity contribution in [3.05, 3.63) is 46.3 Å². The summed E-state index contributed by atoms with van der Waals surface area (Å²) in [6.07, 6.45) is 1.48. The first-order valence-electron chi connectivity index (χ1n) is 4.49. The molecule has 2 rings (SSSR count). The lowest BCUT2D eigenvalue weighted by atomic mass is 10.2. The molecular weight excluding hydrogens is 228 g/mol. The summed E-state index contributed by atoms with van der Waals surface area (Å²) in [6.45, 7) is 0.577. The van der Waals surface area contributed by atoms with Gasteiger partial charge in [0.05, 0.1) is 4.92 Å². The summed E-state index contributed by atoms with van der Waals surface area (Å²) in [5, 5.41) is 14.2. The third-order valence-corrected chi connectivity index (χ3v) is 2.57. The van der Waals surface area contributed by atoms with Gasteiger partial charge in [-0.15, -0.1) is 0 Å². The van der Waals surface area contributed by atoms with Crippen LogP contribution in [0, 0.1) is 10.1 Å². The molecule has 1 aromatic carbocycles. The second-order valence-electron chi connectivity index (χ2n) is 3.02. The molecule has 6 nitrogen and oxygen atoms in total. The van der Waals surface area contributed by atoms with Gasteiger partial charge in [-0.2, -0.15) is 4.37 Å². The van der Waals surface area contributed by atoms with Crippen molar-refractivity contribution in [3.63, 3.8) is 0 Å². The lowest BCUT2D eigenvalue weighted by Crippen LogP contribution is -1.98. The summed E-state index contributed by atoms with van der Waals surface area (Å²) >= 11 is 1.27. The minimum Gasteiger partial charge on any atom is -0.356 e. The molecule has 16 heavy (non-hydrogen) atoms. The molecule has 0 atom stereocenters. The number of nitrogens with one attached hydrogen (secondary N) is 1. The molecule has 1 N–H and O–H groups in total. The van der Waals surface area contributed by atoms with E-state index in [1.54, 1.807) is 12.1 Å². The van der Waals surface area contributed by atoms with Crippen LogP contribution in [0.2, 0.25) is 0 Å². The van der Waals surface area contributed by atoms with Gasteiger partial charge in [-0.05, 0) is 5.56 Å².